The summed E-state index contributed by atoms with van der Waals surface area (Å²) in [5.41, 5.74) is 1.42. The number of imidazole rings is 1. The largest absolute Gasteiger partial charge is 0.497 e. The van der Waals surface area contributed by atoms with Crippen LogP contribution in [-0.2, 0) is 4.79 Å². The zero-order valence-electron chi connectivity index (χ0n) is 15.8. The molecule has 0 aliphatic carbocycles. The van der Waals surface area contributed by atoms with E-state index >= 15 is 0 Å². The Hall–Kier alpha value is -3.13. The summed E-state index contributed by atoms with van der Waals surface area (Å²) >= 11 is 1.33. The lowest BCUT2D eigenvalue weighted by molar-refractivity contribution is -0.113. The van der Waals surface area contributed by atoms with Gasteiger partial charge in [0.05, 0.1) is 38.5 Å². The van der Waals surface area contributed by atoms with E-state index in [2.05, 4.69) is 10.3 Å². The molecule has 0 unspecified atom stereocenters. The standard InChI is InChI=1S/C20H21N3O4S/c1-25-14-8-9-17(26-2)15(12-14)22-19(24)13-28-20-21-10-11-23(20)16-6-4-5-7-18(16)27-3/h4-12H,13H2,1-3H3,(H,22,24). The number of rotatable bonds is 8. The van der Waals surface area contributed by atoms with Crippen molar-refractivity contribution in [2.24, 2.45) is 0 Å². The second-order valence-electron chi connectivity index (χ2n) is 5.65. The molecule has 1 heterocycles. The van der Waals surface area contributed by atoms with E-state index in [-0.39, 0.29) is 11.7 Å². The second kappa shape index (κ2) is 9.18. The molecule has 1 aromatic heterocycles. The van der Waals surface area contributed by atoms with Crippen LogP contribution >= 0.6 is 11.8 Å². The maximum absolute atomic E-state index is 12.5. The van der Waals surface area contributed by atoms with Gasteiger partial charge in [0, 0.05) is 18.5 Å². The van der Waals surface area contributed by atoms with Crippen LogP contribution in [0.25, 0.3) is 5.69 Å². The van der Waals surface area contributed by atoms with Gasteiger partial charge < -0.3 is 19.5 Å². The normalized spacial score (nSPS) is 10.4. The molecule has 3 aromatic rings. The molecule has 146 valence electrons. The average Bonchev–Trinajstić information content (AvgIpc) is 3.20. The van der Waals surface area contributed by atoms with E-state index in [9.17, 15) is 4.79 Å². The SMILES string of the molecule is COc1ccc(OC)c(NC(=O)CSc2nccn2-c2ccccc2OC)c1. The van der Waals surface area contributed by atoms with Gasteiger partial charge in [0.15, 0.2) is 5.16 Å². The average molecular weight is 399 g/mol. The fraction of sp³-hybridized carbons (Fsp3) is 0.200. The first kappa shape index (κ1) is 19.6. The van der Waals surface area contributed by atoms with E-state index in [1.54, 1.807) is 45.7 Å². The Morgan fingerprint density at radius 2 is 1.86 bits per heavy atom. The van der Waals surface area contributed by atoms with E-state index < -0.39 is 0 Å². The van der Waals surface area contributed by atoms with Gasteiger partial charge in [-0.1, -0.05) is 23.9 Å². The minimum absolute atomic E-state index is 0.175. The number of hydrogen-bond acceptors (Lipinski definition) is 6. The molecule has 28 heavy (non-hydrogen) atoms. The number of hydrogen-bond donors (Lipinski definition) is 1. The molecule has 0 bridgehead atoms. The lowest BCUT2D eigenvalue weighted by atomic mass is 10.2. The fourth-order valence-corrected chi connectivity index (χ4v) is 3.40. The molecule has 0 atom stereocenters. The Morgan fingerprint density at radius 1 is 1.07 bits per heavy atom. The van der Waals surface area contributed by atoms with Gasteiger partial charge in [0.1, 0.15) is 17.2 Å². The number of nitrogens with one attached hydrogen (secondary N) is 1. The highest BCUT2D eigenvalue weighted by Gasteiger charge is 2.14. The van der Waals surface area contributed by atoms with E-state index in [0.717, 1.165) is 11.4 Å². The van der Waals surface area contributed by atoms with Crippen LogP contribution in [0, 0.1) is 0 Å². The molecule has 1 amide bonds. The molecule has 7 nitrogen and oxygen atoms in total. The smallest absolute Gasteiger partial charge is 0.234 e. The molecule has 2 aromatic carbocycles. The van der Waals surface area contributed by atoms with E-state index in [0.29, 0.717) is 22.3 Å². The lowest BCUT2D eigenvalue weighted by Crippen LogP contribution is -2.15. The molecule has 0 fully saturated rings. The summed E-state index contributed by atoms with van der Waals surface area (Å²) < 4.78 is 17.8. The van der Waals surface area contributed by atoms with Gasteiger partial charge >= 0.3 is 0 Å². The van der Waals surface area contributed by atoms with Crippen LogP contribution in [0.5, 0.6) is 17.2 Å². The van der Waals surface area contributed by atoms with E-state index in [4.69, 9.17) is 14.2 Å². The van der Waals surface area contributed by atoms with Crippen molar-refractivity contribution in [3.05, 3.63) is 54.9 Å². The van der Waals surface area contributed by atoms with Crippen LogP contribution in [0.4, 0.5) is 5.69 Å². The molecule has 0 saturated heterocycles. The highest BCUT2D eigenvalue weighted by Crippen LogP contribution is 2.30. The monoisotopic (exact) mass is 399 g/mol. The van der Waals surface area contributed by atoms with Crippen molar-refractivity contribution in [1.82, 2.24) is 9.55 Å². The van der Waals surface area contributed by atoms with Gasteiger partial charge in [-0.3, -0.25) is 9.36 Å². The molecule has 1 N–H and O–H groups in total. The Labute approximate surface area is 167 Å². The highest BCUT2D eigenvalue weighted by molar-refractivity contribution is 7.99. The molecular formula is C20H21N3O4S. The van der Waals surface area contributed by atoms with Gasteiger partial charge in [-0.15, -0.1) is 0 Å². The van der Waals surface area contributed by atoms with Crippen LogP contribution in [-0.4, -0.2) is 42.5 Å². The summed E-state index contributed by atoms with van der Waals surface area (Å²) in [5.74, 6) is 1.94. The zero-order valence-corrected chi connectivity index (χ0v) is 16.7. The van der Waals surface area contributed by atoms with Crippen LogP contribution < -0.4 is 19.5 Å². The van der Waals surface area contributed by atoms with Crippen molar-refractivity contribution in [1.29, 1.82) is 0 Å². The molecule has 3 rings (SSSR count). The first-order valence-electron chi connectivity index (χ1n) is 8.47. The number of carbonyl (C=O) groups is 1. The second-order valence-corrected chi connectivity index (χ2v) is 6.60. The van der Waals surface area contributed by atoms with Gasteiger partial charge in [0.2, 0.25) is 5.91 Å². The van der Waals surface area contributed by atoms with Gasteiger partial charge in [-0.2, -0.15) is 0 Å². The van der Waals surface area contributed by atoms with Crippen molar-refractivity contribution in [2.45, 2.75) is 5.16 Å². The Kier molecular flexibility index (Phi) is 6.44. The Bertz CT molecular complexity index is 958. The predicted molar refractivity (Wildman–Crippen MR) is 109 cm³/mol. The third-order valence-electron chi connectivity index (χ3n) is 3.96. The van der Waals surface area contributed by atoms with Gasteiger partial charge in [-0.25, -0.2) is 4.98 Å². The number of anilines is 1. The molecule has 0 aliphatic heterocycles. The van der Waals surface area contributed by atoms with Crippen LogP contribution in [0.1, 0.15) is 0 Å². The van der Waals surface area contributed by atoms with Crippen molar-refractivity contribution in [3.8, 4) is 22.9 Å². The quantitative estimate of drug-likeness (QED) is 0.583. The van der Waals surface area contributed by atoms with Crippen molar-refractivity contribution >= 4 is 23.4 Å². The number of aromatic nitrogens is 2. The van der Waals surface area contributed by atoms with E-state index in [1.807, 2.05) is 35.0 Å². The number of amides is 1. The minimum Gasteiger partial charge on any atom is -0.497 e. The number of para-hydroxylation sites is 2. The summed E-state index contributed by atoms with van der Waals surface area (Å²) in [6, 6.07) is 12.9. The Balaban J connectivity index is 1.71. The molecule has 0 radical (unpaired) electrons. The molecule has 0 spiro atoms. The Morgan fingerprint density at radius 3 is 2.61 bits per heavy atom. The van der Waals surface area contributed by atoms with Gasteiger partial charge in [0.25, 0.3) is 0 Å². The third kappa shape index (κ3) is 4.40. The maximum Gasteiger partial charge on any atom is 0.234 e. The number of nitrogens with zero attached hydrogens (tertiary/aromatic N) is 2. The van der Waals surface area contributed by atoms with Crippen LogP contribution in [0.3, 0.4) is 0 Å². The summed E-state index contributed by atoms with van der Waals surface area (Å²) in [7, 11) is 4.74. The predicted octanol–water partition coefficient (Wildman–Crippen LogP) is 3.63. The topological polar surface area (TPSA) is 74.6 Å². The first-order chi connectivity index (χ1) is 13.7. The summed E-state index contributed by atoms with van der Waals surface area (Å²) in [5, 5.41) is 3.55. The van der Waals surface area contributed by atoms with Gasteiger partial charge in [-0.05, 0) is 24.3 Å². The van der Waals surface area contributed by atoms with Crippen molar-refractivity contribution in [2.75, 3.05) is 32.4 Å². The number of methoxy groups -OCH3 is 3. The zero-order chi connectivity index (χ0) is 19.9. The summed E-state index contributed by atoms with van der Waals surface area (Å²) in [6.07, 6.45) is 3.53. The fourth-order valence-electron chi connectivity index (χ4n) is 2.64. The molecule has 8 heteroatoms. The number of carbonyl (C=O) groups excluding carboxylic acids is 1. The first-order valence-corrected chi connectivity index (χ1v) is 9.46. The third-order valence-corrected chi connectivity index (χ3v) is 4.93. The highest BCUT2D eigenvalue weighted by atomic mass is 32.2. The minimum atomic E-state index is -0.175. The number of ether oxygens (including phenoxy) is 3. The summed E-state index contributed by atoms with van der Waals surface area (Å²) in [6.45, 7) is 0. The van der Waals surface area contributed by atoms with Crippen molar-refractivity contribution < 1.29 is 19.0 Å². The number of thioether (sulfide) groups is 1. The van der Waals surface area contributed by atoms with E-state index in [1.165, 1.54) is 11.8 Å². The number of benzene rings is 2. The molecule has 0 saturated carbocycles. The van der Waals surface area contributed by atoms with Crippen LogP contribution in [0.15, 0.2) is 60.0 Å². The van der Waals surface area contributed by atoms with Crippen LogP contribution in [0.2, 0.25) is 0 Å². The van der Waals surface area contributed by atoms with Crippen molar-refractivity contribution in [3.63, 3.8) is 0 Å². The summed E-state index contributed by atoms with van der Waals surface area (Å²) in [4.78, 5) is 16.8. The molecule has 0 aliphatic rings. The maximum atomic E-state index is 12.5. The lowest BCUT2D eigenvalue weighted by Gasteiger charge is -2.13. The molecular weight excluding hydrogens is 378 g/mol.